The second-order valence-corrected chi connectivity index (χ2v) is 3.63. The summed E-state index contributed by atoms with van der Waals surface area (Å²) in [5, 5.41) is 5.20. The van der Waals surface area contributed by atoms with E-state index in [2.05, 4.69) is 15.6 Å². The van der Waals surface area contributed by atoms with Gasteiger partial charge in [-0.2, -0.15) is 0 Å². The van der Waals surface area contributed by atoms with Crippen LogP contribution < -0.4 is 10.6 Å². The number of carbonyl (C=O) groups excluding carboxylic acids is 1. The topological polar surface area (TPSA) is 54.0 Å². The number of benzene rings is 1. The van der Waals surface area contributed by atoms with Crippen molar-refractivity contribution in [1.82, 2.24) is 10.3 Å². The summed E-state index contributed by atoms with van der Waals surface area (Å²) >= 11 is 0. The monoisotopic (exact) mass is 245 g/mol. The predicted molar refractivity (Wildman–Crippen MR) is 66.5 cm³/mol. The number of pyridine rings is 1. The van der Waals surface area contributed by atoms with E-state index in [0.29, 0.717) is 11.3 Å². The largest absolute Gasteiger partial charge is 0.334 e. The number of nitrogens with zero attached hydrogens (tertiary/aromatic N) is 1. The number of rotatable bonds is 3. The quantitative estimate of drug-likeness (QED) is 0.873. The Labute approximate surface area is 104 Å². The molecule has 18 heavy (non-hydrogen) atoms. The van der Waals surface area contributed by atoms with Gasteiger partial charge in [-0.1, -0.05) is 18.2 Å². The van der Waals surface area contributed by atoms with Gasteiger partial charge < -0.3 is 10.6 Å². The van der Waals surface area contributed by atoms with Gasteiger partial charge in [0.15, 0.2) is 0 Å². The van der Waals surface area contributed by atoms with E-state index in [1.807, 2.05) is 0 Å². The summed E-state index contributed by atoms with van der Waals surface area (Å²) in [6.07, 6.45) is 3.15. The average molecular weight is 245 g/mol. The van der Waals surface area contributed by atoms with E-state index in [1.54, 1.807) is 42.7 Å². The fourth-order valence-electron chi connectivity index (χ4n) is 1.43. The van der Waals surface area contributed by atoms with Gasteiger partial charge in [0, 0.05) is 30.2 Å². The molecule has 1 heterocycles. The molecule has 1 aromatic carbocycles. The van der Waals surface area contributed by atoms with Crippen LogP contribution in [0.4, 0.5) is 14.9 Å². The Balaban J connectivity index is 1.88. The van der Waals surface area contributed by atoms with Crippen LogP contribution in [0.1, 0.15) is 5.56 Å². The number of carbonyl (C=O) groups is 1. The zero-order valence-corrected chi connectivity index (χ0v) is 9.56. The first-order chi connectivity index (χ1) is 8.75. The normalized spacial score (nSPS) is 9.83. The third kappa shape index (κ3) is 3.28. The first kappa shape index (κ1) is 12.0. The average Bonchev–Trinajstić information content (AvgIpc) is 2.39. The SMILES string of the molecule is O=C(NCc1ccccc1F)Nc1ccncc1. The maximum absolute atomic E-state index is 13.3. The summed E-state index contributed by atoms with van der Waals surface area (Å²) < 4.78 is 13.3. The van der Waals surface area contributed by atoms with Crippen molar-refractivity contribution in [2.45, 2.75) is 6.54 Å². The highest BCUT2D eigenvalue weighted by molar-refractivity contribution is 5.88. The molecule has 0 bridgehead atoms. The van der Waals surface area contributed by atoms with E-state index in [-0.39, 0.29) is 18.4 Å². The molecule has 2 N–H and O–H groups in total. The number of nitrogens with one attached hydrogen (secondary N) is 2. The molecular formula is C13H12FN3O. The molecule has 1 aromatic heterocycles. The first-order valence-electron chi connectivity index (χ1n) is 5.44. The lowest BCUT2D eigenvalue weighted by atomic mass is 10.2. The summed E-state index contributed by atoms with van der Waals surface area (Å²) in [7, 11) is 0. The lowest BCUT2D eigenvalue weighted by molar-refractivity contribution is 0.251. The molecule has 92 valence electrons. The third-order valence-corrected chi connectivity index (χ3v) is 2.34. The van der Waals surface area contributed by atoms with Crippen molar-refractivity contribution in [3.63, 3.8) is 0 Å². The highest BCUT2D eigenvalue weighted by atomic mass is 19.1. The molecule has 0 fully saturated rings. The van der Waals surface area contributed by atoms with Gasteiger partial charge in [-0.3, -0.25) is 4.98 Å². The minimum Gasteiger partial charge on any atom is -0.334 e. The van der Waals surface area contributed by atoms with Crippen molar-refractivity contribution in [3.8, 4) is 0 Å². The molecule has 0 radical (unpaired) electrons. The van der Waals surface area contributed by atoms with Crippen molar-refractivity contribution in [2.24, 2.45) is 0 Å². The molecular weight excluding hydrogens is 233 g/mol. The van der Waals surface area contributed by atoms with E-state index in [1.165, 1.54) is 6.07 Å². The predicted octanol–water partition coefficient (Wildman–Crippen LogP) is 2.54. The molecule has 2 amide bonds. The summed E-state index contributed by atoms with van der Waals surface area (Å²) in [6.45, 7) is 0.142. The molecule has 2 rings (SSSR count). The van der Waals surface area contributed by atoms with Crippen LogP contribution in [0.2, 0.25) is 0 Å². The van der Waals surface area contributed by atoms with Gasteiger partial charge in [0.25, 0.3) is 0 Å². The van der Waals surface area contributed by atoms with E-state index < -0.39 is 0 Å². The minimum atomic E-state index is -0.385. The number of aromatic nitrogens is 1. The van der Waals surface area contributed by atoms with Gasteiger partial charge in [0.05, 0.1) is 0 Å². The van der Waals surface area contributed by atoms with Crippen molar-refractivity contribution < 1.29 is 9.18 Å². The van der Waals surface area contributed by atoms with Crippen molar-refractivity contribution in [3.05, 3.63) is 60.2 Å². The van der Waals surface area contributed by atoms with Crippen LogP contribution in [0.5, 0.6) is 0 Å². The number of halogens is 1. The zero-order chi connectivity index (χ0) is 12.8. The van der Waals surface area contributed by atoms with Crippen LogP contribution in [0, 0.1) is 5.82 Å². The highest BCUT2D eigenvalue weighted by Gasteiger charge is 2.04. The van der Waals surface area contributed by atoms with E-state index in [0.717, 1.165) is 0 Å². The Morgan fingerprint density at radius 3 is 2.61 bits per heavy atom. The zero-order valence-electron chi connectivity index (χ0n) is 9.56. The fraction of sp³-hybridized carbons (Fsp3) is 0.0769. The van der Waals surface area contributed by atoms with Crippen LogP contribution >= 0.6 is 0 Å². The second kappa shape index (κ2) is 5.77. The molecule has 0 saturated carbocycles. The Hall–Kier alpha value is -2.43. The Bertz CT molecular complexity index is 531. The minimum absolute atomic E-state index is 0.142. The number of anilines is 1. The molecule has 0 aliphatic rings. The molecule has 0 atom stereocenters. The van der Waals surface area contributed by atoms with Crippen LogP contribution in [0.25, 0.3) is 0 Å². The lowest BCUT2D eigenvalue weighted by Gasteiger charge is -2.07. The Morgan fingerprint density at radius 1 is 1.17 bits per heavy atom. The van der Waals surface area contributed by atoms with Crippen molar-refractivity contribution >= 4 is 11.7 Å². The molecule has 5 heteroatoms. The van der Waals surface area contributed by atoms with Crippen molar-refractivity contribution in [1.29, 1.82) is 0 Å². The Morgan fingerprint density at radius 2 is 1.89 bits per heavy atom. The standard InChI is InChI=1S/C13H12FN3O/c14-12-4-2-1-3-10(12)9-16-13(18)17-11-5-7-15-8-6-11/h1-8H,9H2,(H2,15,16,17,18). The Kier molecular flexibility index (Phi) is 3.86. The van der Waals surface area contributed by atoms with Crippen LogP contribution in [0.3, 0.4) is 0 Å². The summed E-state index contributed by atoms with van der Waals surface area (Å²) in [4.78, 5) is 15.4. The van der Waals surface area contributed by atoms with Gasteiger partial charge in [-0.05, 0) is 18.2 Å². The first-order valence-corrected chi connectivity index (χ1v) is 5.44. The summed E-state index contributed by atoms with van der Waals surface area (Å²) in [6, 6.07) is 9.27. The van der Waals surface area contributed by atoms with E-state index >= 15 is 0 Å². The van der Waals surface area contributed by atoms with Gasteiger partial charge >= 0.3 is 6.03 Å². The number of hydrogen-bond donors (Lipinski definition) is 2. The van der Waals surface area contributed by atoms with Gasteiger partial charge in [-0.15, -0.1) is 0 Å². The van der Waals surface area contributed by atoms with E-state index in [9.17, 15) is 9.18 Å². The summed E-state index contributed by atoms with van der Waals surface area (Å²) in [5.41, 5.74) is 1.08. The third-order valence-electron chi connectivity index (χ3n) is 2.34. The molecule has 0 spiro atoms. The van der Waals surface area contributed by atoms with E-state index in [4.69, 9.17) is 0 Å². The maximum Gasteiger partial charge on any atom is 0.319 e. The molecule has 4 nitrogen and oxygen atoms in total. The van der Waals surface area contributed by atoms with Crippen molar-refractivity contribution in [2.75, 3.05) is 5.32 Å². The van der Waals surface area contributed by atoms with Gasteiger partial charge in [0.2, 0.25) is 0 Å². The van der Waals surface area contributed by atoms with Gasteiger partial charge in [0.1, 0.15) is 5.82 Å². The maximum atomic E-state index is 13.3. The van der Waals surface area contributed by atoms with Crippen LogP contribution in [-0.4, -0.2) is 11.0 Å². The molecule has 0 aliphatic heterocycles. The number of amides is 2. The molecule has 0 saturated heterocycles. The molecule has 2 aromatic rings. The molecule has 0 aliphatic carbocycles. The molecule has 0 unspecified atom stereocenters. The highest BCUT2D eigenvalue weighted by Crippen LogP contribution is 2.06. The number of hydrogen-bond acceptors (Lipinski definition) is 2. The van der Waals surface area contributed by atoms with Crippen LogP contribution in [0.15, 0.2) is 48.8 Å². The van der Waals surface area contributed by atoms with Crippen LogP contribution in [-0.2, 0) is 6.54 Å². The fourth-order valence-corrected chi connectivity index (χ4v) is 1.43. The summed E-state index contributed by atoms with van der Waals surface area (Å²) in [5.74, 6) is -0.332. The smallest absolute Gasteiger partial charge is 0.319 e. The lowest BCUT2D eigenvalue weighted by Crippen LogP contribution is -2.28. The number of urea groups is 1. The van der Waals surface area contributed by atoms with Gasteiger partial charge in [-0.25, -0.2) is 9.18 Å². The second-order valence-electron chi connectivity index (χ2n) is 3.63.